The summed E-state index contributed by atoms with van der Waals surface area (Å²) in [4.78, 5) is 0. The molecular formula is C13H17FO. The second-order valence-corrected chi connectivity index (χ2v) is 4.48. The van der Waals surface area contributed by atoms with Gasteiger partial charge in [-0.05, 0) is 29.5 Å². The first-order chi connectivity index (χ1) is 7.03. The van der Waals surface area contributed by atoms with Crippen LogP contribution in [0.2, 0.25) is 0 Å². The molecule has 2 heteroatoms. The van der Waals surface area contributed by atoms with E-state index in [1.165, 1.54) is 12.1 Å². The Labute approximate surface area is 90.3 Å². The summed E-state index contributed by atoms with van der Waals surface area (Å²) in [6.45, 7) is 4.17. The lowest BCUT2D eigenvalue weighted by Crippen LogP contribution is -2.14. The molecule has 0 aliphatic heterocycles. The van der Waals surface area contributed by atoms with Crippen molar-refractivity contribution in [3.8, 4) is 0 Å². The van der Waals surface area contributed by atoms with Gasteiger partial charge < -0.3 is 5.11 Å². The van der Waals surface area contributed by atoms with Crippen LogP contribution in [-0.4, -0.2) is 11.7 Å². The fourth-order valence-corrected chi connectivity index (χ4v) is 1.15. The molecule has 0 aliphatic rings. The zero-order chi connectivity index (χ0) is 11.3. The van der Waals surface area contributed by atoms with Gasteiger partial charge in [0.15, 0.2) is 0 Å². The maximum atomic E-state index is 12.6. The minimum atomic E-state index is -0.220. The Bertz CT molecular complexity index is 325. The van der Waals surface area contributed by atoms with Crippen LogP contribution in [0.3, 0.4) is 0 Å². The highest BCUT2D eigenvalue weighted by molar-refractivity contribution is 5.48. The number of hydrogen-bond acceptors (Lipinski definition) is 1. The quantitative estimate of drug-likeness (QED) is 0.805. The Hall–Kier alpha value is -1.15. The summed E-state index contributed by atoms with van der Waals surface area (Å²) < 4.78 is 12.6. The molecule has 0 aliphatic carbocycles. The Morgan fingerprint density at radius 2 is 1.87 bits per heavy atom. The van der Waals surface area contributed by atoms with Crippen LogP contribution in [0.15, 0.2) is 30.3 Å². The summed E-state index contributed by atoms with van der Waals surface area (Å²) >= 11 is 0. The molecular weight excluding hydrogens is 191 g/mol. The number of halogens is 1. The Kier molecular flexibility index (Phi) is 4.04. The van der Waals surface area contributed by atoms with Crippen molar-refractivity contribution in [1.82, 2.24) is 0 Å². The van der Waals surface area contributed by atoms with Crippen LogP contribution in [0.1, 0.15) is 25.8 Å². The molecule has 0 bridgehead atoms. The van der Waals surface area contributed by atoms with Crippen molar-refractivity contribution in [2.24, 2.45) is 5.41 Å². The molecule has 0 radical (unpaired) electrons. The maximum Gasteiger partial charge on any atom is 0.123 e. The predicted octanol–water partition coefficient (Wildman–Crippen LogP) is 3.25. The zero-order valence-corrected chi connectivity index (χ0v) is 9.20. The van der Waals surface area contributed by atoms with E-state index in [1.54, 1.807) is 12.1 Å². The van der Waals surface area contributed by atoms with E-state index in [0.717, 1.165) is 12.0 Å². The van der Waals surface area contributed by atoms with Gasteiger partial charge in [0.05, 0.1) is 0 Å². The lowest BCUT2D eigenvalue weighted by Gasteiger charge is -2.18. The minimum absolute atomic E-state index is 0.0868. The first-order valence-electron chi connectivity index (χ1n) is 5.06. The third kappa shape index (κ3) is 4.26. The van der Waals surface area contributed by atoms with Gasteiger partial charge in [0.1, 0.15) is 5.82 Å². The normalized spacial score (nSPS) is 12.3. The van der Waals surface area contributed by atoms with Gasteiger partial charge in [-0.25, -0.2) is 4.39 Å². The number of aliphatic hydroxyl groups excluding tert-OH is 1. The molecule has 1 N–H and O–H groups in total. The van der Waals surface area contributed by atoms with Gasteiger partial charge in [0.25, 0.3) is 0 Å². The lowest BCUT2D eigenvalue weighted by atomic mass is 9.90. The summed E-state index contributed by atoms with van der Waals surface area (Å²) in [5, 5.41) is 9.04. The molecule has 0 spiro atoms. The average molecular weight is 208 g/mol. The fraction of sp³-hybridized carbons (Fsp3) is 0.385. The van der Waals surface area contributed by atoms with Gasteiger partial charge in [0.2, 0.25) is 0 Å². The fourth-order valence-electron chi connectivity index (χ4n) is 1.15. The molecule has 0 atom stereocenters. The van der Waals surface area contributed by atoms with Gasteiger partial charge in [0, 0.05) is 6.61 Å². The molecule has 0 fully saturated rings. The van der Waals surface area contributed by atoms with E-state index in [1.807, 2.05) is 26.0 Å². The van der Waals surface area contributed by atoms with Gasteiger partial charge in [-0.3, -0.25) is 0 Å². The third-order valence-electron chi connectivity index (χ3n) is 2.28. The van der Waals surface area contributed by atoms with Crippen molar-refractivity contribution in [1.29, 1.82) is 0 Å². The first kappa shape index (κ1) is 11.9. The first-order valence-corrected chi connectivity index (χ1v) is 5.06. The Morgan fingerprint density at radius 1 is 1.27 bits per heavy atom. The molecule has 1 nitrogen and oxygen atoms in total. The second-order valence-electron chi connectivity index (χ2n) is 4.48. The smallest absolute Gasteiger partial charge is 0.123 e. The summed E-state index contributed by atoms with van der Waals surface area (Å²) in [5.41, 5.74) is 0.890. The standard InChI is InChI=1S/C13H17FO/c1-13(2,10-15)9-3-4-11-5-7-12(14)8-6-11/h3-8,15H,9-10H2,1-2H3/b4-3+. The lowest BCUT2D eigenvalue weighted by molar-refractivity contribution is 0.162. The molecule has 0 heterocycles. The van der Waals surface area contributed by atoms with Crippen molar-refractivity contribution in [3.63, 3.8) is 0 Å². The Morgan fingerprint density at radius 3 is 2.40 bits per heavy atom. The molecule has 1 rings (SSSR count). The summed E-state index contributed by atoms with van der Waals surface area (Å²) in [6, 6.07) is 6.35. The van der Waals surface area contributed by atoms with Crippen LogP contribution in [0.4, 0.5) is 4.39 Å². The molecule has 0 saturated heterocycles. The van der Waals surface area contributed by atoms with Crippen molar-refractivity contribution in [3.05, 3.63) is 41.7 Å². The molecule has 0 saturated carbocycles. The number of hydrogen-bond donors (Lipinski definition) is 1. The number of allylic oxidation sites excluding steroid dienone is 1. The highest BCUT2D eigenvalue weighted by atomic mass is 19.1. The minimum Gasteiger partial charge on any atom is -0.396 e. The number of aliphatic hydroxyl groups is 1. The molecule has 82 valence electrons. The van der Waals surface area contributed by atoms with E-state index >= 15 is 0 Å². The van der Waals surface area contributed by atoms with Crippen LogP contribution in [0.5, 0.6) is 0 Å². The highest BCUT2D eigenvalue weighted by Crippen LogP contribution is 2.20. The number of rotatable bonds is 4. The van der Waals surface area contributed by atoms with Crippen molar-refractivity contribution < 1.29 is 9.50 Å². The zero-order valence-electron chi connectivity index (χ0n) is 9.20. The molecule has 0 amide bonds. The topological polar surface area (TPSA) is 20.2 Å². The van der Waals surface area contributed by atoms with Crippen molar-refractivity contribution >= 4 is 6.08 Å². The molecule has 0 aromatic heterocycles. The largest absolute Gasteiger partial charge is 0.396 e. The van der Waals surface area contributed by atoms with E-state index in [2.05, 4.69) is 0 Å². The maximum absolute atomic E-state index is 12.6. The van der Waals surface area contributed by atoms with Crippen LogP contribution < -0.4 is 0 Å². The summed E-state index contributed by atoms with van der Waals surface area (Å²) in [6.07, 6.45) is 4.75. The third-order valence-corrected chi connectivity index (χ3v) is 2.28. The molecule has 1 aromatic carbocycles. The van der Waals surface area contributed by atoms with Crippen molar-refractivity contribution in [2.75, 3.05) is 6.61 Å². The van der Waals surface area contributed by atoms with Crippen LogP contribution in [0, 0.1) is 11.2 Å². The summed E-state index contributed by atoms with van der Waals surface area (Å²) in [5.74, 6) is -0.220. The van der Waals surface area contributed by atoms with Crippen LogP contribution in [-0.2, 0) is 0 Å². The van der Waals surface area contributed by atoms with E-state index in [9.17, 15) is 4.39 Å². The SMILES string of the molecule is CC(C)(CO)C/C=C/c1ccc(F)cc1. The average Bonchev–Trinajstić information content (AvgIpc) is 2.21. The predicted molar refractivity (Wildman–Crippen MR) is 60.9 cm³/mol. The molecule has 0 unspecified atom stereocenters. The van der Waals surface area contributed by atoms with E-state index < -0.39 is 0 Å². The van der Waals surface area contributed by atoms with E-state index in [-0.39, 0.29) is 17.8 Å². The van der Waals surface area contributed by atoms with Crippen LogP contribution in [0.25, 0.3) is 6.08 Å². The summed E-state index contributed by atoms with van der Waals surface area (Å²) in [7, 11) is 0. The van der Waals surface area contributed by atoms with Gasteiger partial charge in [-0.2, -0.15) is 0 Å². The monoisotopic (exact) mass is 208 g/mol. The Balaban J connectivity index is 2.55. The van der Waals surface area contributed by atoms with Gasteiger partial charge in [-0.1, -0.05) is 38.1 Å². The highest BCUT2D eigenvalue weighted by Gasteiger charge is 2.13. The number of benzene rings is 1. The van der Waals surface area contributed by atoms with E-state index in [4.69, 9.17) is 5.11 Å². The van der Waals surface area contributed by atoms with Crippen LogP contribution >= 0.6 is 0 Å². The molecule has 15 heavy (non-hydrogen) atoms. The second kappa shape index (κ2) is 5.08. The molecule has 1 aromatic rings. The van der Waals surface area contributed by atoms with E-state index in [0.29, 0.717) is 0 Å². The van der Waals surface area contributed by atoms with Gasteiger partial charge >= 0.3 is 0 Å². The van der Waals surface area contributed by atoms with Gasteiger partial charge in [-0.15, -0.1) is 0 Å². The van der Waals surface area contributed by atoms with Crippen molar-refractivity contribution in [2.45, 2.75) is 20.3 Å².